The van der Waals surface area contributed by atoms with Crippen LogP contribution in [0.4, 0.5) is 0 Å². The summed E-state index contributed by atoms with van der Waals surface area (Å²) in [5.41, 5.74) is -0.275. The van der Waals surface area contributed by atoms with Crippen LogP contribution in [-0.2, 0) is 10.0 Å². The molecular weight excluding hydrogens is 202 g/mol. The maximum atomic E-state index is 10.7. The number of carbonyl (C=O) groups is 1. The van der Waals surface area contributed by atoms with Gasteiger partial charge in [0.2, 0.25) is 10.0 Å². The first-order valence-electron chi connectivity index (χ1n) is 2.75. The zero-order chi connectivity index (χ0) is 9.35. The highest BCUT2D eigenvalue weighted by Gasteiger charge is 2.19. The van der Waals surface area contributed by atoms with Crippen molar-refractivity contribution in [2.75, 3.05) is 0 Å². The molecule has 0 saturated carbocycles. The summed E-state index contributed by atoms with van der Waals surface area (Å²) in [6.45, 7) is 0. The number of sulfonamides is 1. The Morgan fingerprint density at radius 3 is 2.42 bits per heavy atom. The van der Waals surface area contributed by atoms with E-state index in [1.54, 1.807) is 0 Å². The molecule has 1 aromatic heterocycles. The monoisotopic (exact) mass is 207 g/mol. The number of rotatable bonds is 2. The molecule has 0 saturated heterocycles. The van der Waals surface area contributed by atoms with Crippen molar-refractivity contribution in [1.29, 1.82) is 0 Å². The van der Waals surface area contributed by atoms with E-state index in [-0.39, 0.29) is 10.5 Å². The number of carboxylic acid groups (broad SMARTS) is 1. The van der Waals surface area contributed by atoms with E-state index in [0.29, 0.717) is 0 Å². The third kappa shape index (κ3) is 1.63. The van der Waals surface area contributed by atoms with Gasteiger partial charge in [0.05, 0.1) is 5.56 Å². The predicted molar refractivity (Wildman–Crippen MR) is 42.7 cm³/mol. The van der Waals surface area contributed by atoms with Crippen LogP contribution in [-0.4, -0.2) is 19.5 Å². The van der Waals surface area contributed by atoms with Crippen LogP contribution in [0.2, 0.25) is 0 Å². The molecule has 66 valence electrons. The molecule has 1 aromatic rings. The van der Waals surface area contributed by atoms with Gasteiger partial charge in [-0.3, -0.25) is 0 Å². The molecule has 0 aliphatic rings. The van der Waals surface area contributed by atoms with E-state index in [4.69, 9.17) is 10.2 Å². The number of thiophene rings is 1. The van der Waals surface area contributed by atoms with Gasteiger partial charge >= 0.3 is 5.97 Å². The lowest BCUT2D eigenvalue weighted by Crippen LogP contribution is -2.14. The smallest absolute Gasteiger partial charge is 0.337 e. The Morgan fingerprint density at radius 2 is 2.08 bits per heavy atom. The van der Waals surface area contributed by atoms with Crippen LogP contribution in [0.25, 0.3) is 0 Å². The van der Waals surface area contributed by atoms with Gasteiger partial charge in [-0.15, -0.1) is 0 Å². The molecule has 0 radical (unpaired) electrons. The molecule has 0 aliphatic carbocycles. The van der Waals surface area contributed by atoms with Crippen molar-refractivity contribution in [3.05, 3.63) is 16.3 Å². The van der Waals surface area contributed by atoms with Gasteiger partial charge in [-0.2, -0.15) is 11.3 Å². The Balaban J connectivity index is 3.36. The van der Waals surface area contributed by atoms with E-state index < -0.39 is 16.0 Å². The highest BCUT2D eigenvalue weighted by atomic mass is 32.2. The molecule has 7 heteroatoms. The normalized spacial score (nSPS) is 11.4. The van der Waals surface area contributed by atoms with Crippen molar-refractivity contribution in [2.24, 2.45) is 5.14 Å². The van der Waals surface area contributed by atoms with Gasteiger partial charge in [0.1, 0.15) is 4.90 Å². The Labute approximate surface area is 72.5 Å². The summed E-state index contributed by atoms with van der Waals surface area (Å²) in [4.78, 5) is 10.1. The molecule has 0 atom stereocenters. The second kappa shape index (κ2) is 2.85. The third-order valence-electron chi connectivity index (χ3n) is 1.16. The second-order valence-electron chi connectivity index (χ2n) is 2.00. The van der Waals surface area contributed by atoms with Gasteiger partial charge in [0.15, 0.2) is 0 Å². The standard InChI is InChI=1S/C5H5NO4S2/c6-12(9,10)4-2-11-1-3(4)5(7)8/h1-2H,(H,7,8)(H2,6,9,10). The van der Waals surface area contributed by atoms with E-state index in [0.717, 1.165) is 11.3 Å². The fourth-order valence-electron chi connectivity index (χ4n) is 0.662. The maximum absolute atomic E-state index is 10.7. The minimum atomic E-state index is -3.91. The molecule has 0 unspecified atom stereocenters. The van der Waals surface area contributed by atoms with Gasteiger partial charge in [-0.25, -0.2) is 18.4 Å². The minimum Gasteiger partial charge on any atom is -0.478 e. The summed E-state index contributed by atoms with van der Waals surface area (Å²) in [5, 5.41) is 15.7. The SMILES string of the molecule is NS(=O)(=O)c1cscc1C(=O)O. The van der Waals surface area contributed by atoms with Gasteiger partial charge in [-0.1, -0.05) is 0 Å². The summed E-state index contributed by atoms with van der Waals surface area (Å²) >= 11 is 0.981. The number of nitrogens with two attached hydrogens (primary N) is 1. The number of hydrogen-bond donors (Lipinski definition) is 2. The Kier molecular flexibility index (Phi) is 2.18. The molecule has 1 rings (SSSR count). The van der Waals surface area contributed by atoms with Crippen molar-refractivity contribution in [3.8, 4) is 0 Å². The van der Waals surface area contributed by atoms with Crippen LogP contribution in [0.5, 0.6) is 0 Å². The summed E-state index contributed by atoms with van der Waals surface area (Å²) in [5.74, 6) is -1.29. The molecule has 0 bridgehead atoms. The lowest BCUT2D eigenvalue weighted by atomic mass is 10.3. The van der Waals surface area contributed by atoms with E-state index in [9.17, 15) is 13.2 Å². The van der Waals surface area contributed by atoms with E-state index in [1.807, 2.05) is 0 Å². The van der Waals surface area contributed by atoms with Crippen LogP contribution in [0.1, 0.15) is 10.4 Å². The van der Waals surface area contributed by atoms with E-state index in [2.05, 4.69) is 0 Å². The van der Waals surface area contributed by atoms with Crippen LogP contribution in [0, 0.1) is 0 Å². The van der Waals surface area contributed by atoms with Crippen molar-refractivity contribution in [3.63, 3.8) is 0 Å². The molecule has 5 nitrogen and oxygen atoms in total. The molecule has 12 heavy (non-hydrogen) atoms. The number of carboxylic acids is 1. The van der Waals surface area contributed by atoms with Crippen molar-refractivity contribution < 1.29 is 18.3 Å². The fourth-order valence-corrected chi connectivity index (χ4v) is 2.57. The summed E-state index contributed by atoms with van der Waals surface area (Å²) in [6, 6.07) is 0. The van der Waals surface area contributed by atoms with Crippen LogP contribution in [0.3, 0.4) is 0 Å². The summed E-state index contributed by atoms with van der Waals surface area (Å²) < 4.78 is 21.5. The van der Waals surface area contributed by atoms with E-state index >= 15 is 0 Å². The number of hydrogen-bond acceptors (Lipinski definition) is 4. The van der Waals surface area contributed by atoms with Gasteiger partial charge in [-0.05, 0) is 0 Å². The van der Waals surface area contributed by atoms with Gasteiger partial charge < -0.3 is 5.11 Å². The molecule has 1 heterocycles. The minimum absolute atomic E-state index is 0.275. The zero-order valence-corrected chi connectivity index (χ0v) is 7.35. The van der Waals surface area contributed by atoms with Crippen LogP contribution in [0.15, 0.2) is 15.7 Å². The Hall–Kier alpha value is -0.920. The largest absolute Gasteiger partial charge is 0.478 e. The van der Waals surface area contributed by atoms with Crippen molar-refractivity contribution >= 4 is 27.3 Å². The number of primary sulfonamides is 1. The first-order chi connectivity index (χ1) is 5.43. The van der Waals surface area contributed by atoms with Gasteiger partial charge in [0, 0.05) is 10.8 Å². The van der Waals surface area contributed by atoms with E-state index in [1.165, 1.54) is 10.8 Å². The molecule has 0 fully saturated rings. The fraction of sp³-hybridized carbons (Fsp3) is 0. The topological polar surface area (TPSA) is 97.5 Å². The van der Waals surface area contributed by atoms with Gasteiger partial charge in [0.25, 0.3) is 0 Å². The number of aromatic carboxylic acids is 1. The first kappa shape index (κ1) is 9.17. The molecule has 3 N–H and O–H groups in total. The second-order valence-corrected chi connectivity index (χ2v) is 4.27. The third-order valence-corrected chi connectivity index (χ3v) is 3.01. The lowest BCUT2D eigenvalue weighted by molar-refractivity contribution is 0.0693. The predicted octanol–water partition coefficient (Wildman–Crippen LogP) is 0.0937. The highest BCUT2D eigenvalue weighted by molar-refractivity contribution is 7.89. The maximum Gasteiger partial charge on any atom is 0.337 e. The summed E-state index contributed by atoms with van der Waals surface area (Å²) in [6.07, 6.45) is 0. The average molecular weight is 207 g/mol. The summed E-state index contributed by atoms with van der Waals surface area (Å²) in [7, 11) is -3.91. The Morgan fingerprint density at radius 1 is 1.50 bits per heavy atom. The molecular formula is C5H5NO4S2. The Bertz CT molecular complexity index is 405. The average Bonchev–Trinajstić information content (AvgIpc) is 2.30. The molecule has 0 amide bonds. The first-order valence-corrected chi connectivity index (χ1v) is 5.24. The molecule has 0 aromatic carbocycles. The molecule has 0 spiro atoms. The van der Waals surface area contributed by atoms with Crippen LogP contribution < -0.4 is 5.14 Å². The zero-order valence-electron chi connectivity index (χ0n) is 5.72. The van der Waals surface area contributed by atoms with Crippen molar-refractivity contribution in [2.45, 2.75) is 4.90 Å². The lowest BCUT2D eigenvalue weighted by Gasteiger charge is -1.94. The molecule has 0 aliphatic heterocycles. The van der Waals surface area contributed by atoms with Crippen LogP contribution >= 0.6 is 11.3 Å². The highest BCUT2D eigenvalue weighted by Crippen LogP contribution is 2.18. The van der Waals surface area contributed by atoms with Crippen molar-refractivity contribution in [1.82, 2.24) is 0 Å². The quantitative estimate of drug-likeness (QED) is 0.718.